The van der Waals surface area contributed by atoms with Gasteiger partial charge in [-0.15, -0.1) is 0 Å². The summed E-state index contributed by atoms with van der Waals surface area (Å²) in [5.41, 5.74) is 8.54. The number of anilines is 1. The molecule has 3 saturated carbocycles. The second kappa shape index (κ2) is 16.9. The van der Waals surface area contributed by atoms with Crippen LogP contribution in [-0.4, -0.2) is 72.5 Å². The number of nitrogens with zero attached hydrogens (tertiary/aromatic N) is 2. The Morgan fingerprint density at radius 1 is 0.982 bits per heavy atom. The second-order valence-electron chi connectivity index (χ2n) is 16.0. The number of hydrogen-bond acceptors (Lipinski definition) is 9. The summed E-state index contributed by atoms with van der Waals surface area (Å²) >= 11 is 6.95. The summed E-state index contributed by atoms with van der Waals surface area (Å²) in [6.07, 6.45) is 7.63. The van der Waals surface area contributed by atoms with Crippen molar-refractivity contribution in [2.75, 3.05) is 33.1 Å². The van der Waals surface area contributed by atoms with Gasteiger partial charge in [-0.1, -0.05) is 48.0 Å². The highest BCUT2D eigenvalue weighted by Crippen LogP contribution is 2.55. The van der Waals surface area contributed by atoms with E-state index < -0.39 is 11.4 Å². The molecule has 1 amide bonds. The summed E-state index contributed by atoms with van der Waals surface area (Å²) in [4.78, 5) is 30.8. The molecule has 5 N–H and O–H groups in total. The molecule has 3 aliphatic carbocycles. The molecule has 0 spiro atoms. The van der Waals surface area contributed by atoms with Crippen molar-refractivity contribution < 1.29 is 24.2 Å². The van der Waals surface area contributed by atoms with Crippen LogP contribution in [0.15, 0.2) is 60.7 Å². The van der Waals surface area contributed by atoms with E-state index in [0.29, 0.717) is 43.5 Å². The van der Waals surface area contributed by atoms with Crippen LogP contribution in [0.5, 0.6) is 11.6 Å². The monoisotopic (exact) mass is 792 g/mol. The molecule has 1 atom stereocenters. The Morgan fingerprint density at radius 3 is 2.37 bits per heavy atom. The number of nitrogens with one attached hydrogen (secondary N) is 4. The molecule has 4 aliphatic rings. The first-order valence-electron chi connectivity index (χ1n) is 19.8. The van der Waals surface area contributed by atoms with E-state index in [1.54, 1.807) is 14.2 Å². The Hall–Kier alpha value is -4.97. The zero-order chi connectivity index (χ0) is 40.3. The Morgan fingerprint density at radius 2 is 1.70 bits per heavy atom. The molecule has 0 radical (unpaired) electrons. The summed E-state index contributed by atoms with van der Waals surface area (Å²) < 4.78 is 11.6. The molecule has 57 heavy (non-hydrogen) atoms. The minimum absolute atomic E-state index is 0.00999. The largest absolute Gasteiger partial charge is 0.496 e. The van der Waals surface area contributed by atoms with E-state index in [4.69, 9.17) is 31.5 Å². The van der Waals surface area contributed by atoms with Gasteiger partial charge in [-0.2, -0.15) is 0 Å². The molecule has 1 aliphatic heterocycles. The number of carbonyl (C=O) groups is 2. The number of aliphatic carboxylic acids is 1. The Kier molecular flexibility index (Phi) is 11.9. The Labute approximate surface area is 340 Å². The number of ether oxygens (including phenoxy) is 2. The molecule has 3 aromatic carbocycles. The lowest BCUT2D eigenvalue weighted by molar-refractivity contribution is -0.160. The summed E-state index contributed by atoms with van der Waals surface area (Å²) in [6.45, 7) is 4.42. The van der Waals surface area contributed by atoms with Crippen molar-refractivity contribution in [3.05, 3.63) is 93.5 Å². The number of carbonyl (C=O) groups excluding carboxylic acids is 1. The van der Waals surface area contributed by atoms with Gasteiger partial charge >= 0.3 is 5.97 Å². The third kappa shape index (κ3) is 8.10. The molecular formula is C45H53ClN6O5. The summed E-state index contributed by atoms with van der Waals surface area (Å²) in [5, 5.41) is 28.9. The molecule has 12 heteroatoms. The van der Waals surface area contributed by atoms with Gasteiger partial charge in [-0.3, -0.25) is 14.5 Å². The number of carboxylic acids is 1. The molecule has 2 bridgehead atoms. The normalized spacial score (nSPS) is 21.4. The first-order chi connectivity index (χ1) is 27.5. The van der Waals surface area contributed by atoms with Crippen LogP contribution >= 0.6 is 11.6 Å². The number of rotatable bonds is 16. The van der Waals surface area contributed by atoms with Gasteiger partial charge in [-0.25, -0.2) is 4.98 Å². The number of aromatic nitrogens is 1. The quantitative estimate of drug-likeness (QED) is 0.0713. The lowest BCUT2D eigenvalue weighted by atomic mass is 9.57. The fourth-order valence-corrected chi connectivity index (χ4v) is 9.47. The van der Waals surface area contributed by atoms with Crippen molar-refractivity contribution in [3.63, 3.8) is 0 Å². The van der Waals surface area contributed by atoms with E-state index >= 15 is 0 Å². The molecule has 1 saturated heterocycles. The van der Waals surface area contributed by atoms with Crippen molar-refractivity contribution in [2.45, 2.75) is 89.5 Å². The van der Waals surface area contributed by atoms with Crippen LogP contribution in [0.25, 0.3) is 22.4 Å². The number of hydrogen-bond donors (Lipinski definition) is 5. The molecule has 11 nitrogen and oxygen atoms in total. The molecule has 4 fully saturated rings. The molecule has 300 valence electrons. The lowest BCUT2D eigenvalue weighted by Crippen LogP contribution is -2.56. The van der Waals surface area contributed by atoms with Gasteiger partial charge in [0.15, 0.2) is 0 Å². The van der Waals surface area contributed by atoms with Crippen LogP contribution in [0.2, 0.25) is 5.02 Å². The molecule has 8 rings (SSSR count). The predicted molar refractivity (Wildman–Crippen MR) is 224 cm³/mol. The van der Waals surface area contributed by atoms with Gasteiger partial charge in [0.2, 0.25) is 11.8 Å². The van der Waals surface area contributed by atoms with Crippen molar-refractivity contribution >= 4 is 35.4 Å². The van der Waals surface area contributed by atoms with Crippen LogP contribution in [0.4, 0.5) is 5.69 Å². The Balaban J connectivity index is 1.06. The number of benzene rings is 3. The average Bonchev–Trinajstić information content (AvgIpc) is 3.65. The van der Waals surface area contributed by atoms with E-state index in [-0.39, 0.29) is 17.5 Å². The highest BCUT2D eigenvalue weighted by atomic mass is 35.5. The fraction of sp³-hybridized carbons (Fsp3) is 0.422. The summed E-state index contributed by atoms with van der Waals surface area (Å²) in [6, 6.07) is 20.3. The topological polar surface area (TPSA) is 149 Å². The highest BCUT2D eigenvalue weighted by Gasteiger charge is 2.54. The van der Waals surface area contributed by atoms with Crippen LogP contribution in [0.3, 0.4) is 0 Å². The Bertz CT molecular complexity index is 2150. The van der Waals surface area contributed by atoms with Crippen molar-refractivity contribution in [3.8, 4) is 34.0 Å². The fourth-order valence-electron chi connectivity index (χ4n) is 9.22. The summed E-state index contributed by atoms with van der Waals surface area (Å²) in [7, 11) is 5.44. The predicted octanol–water partition coefficient (Wildman–Crippen LogP) is 7.98. The number of methoxy groups -OCH3 is 2. The number of pyridine rings is 1. The van der Waals surface area contributed by atoms with Crippen LogP contribution in [0.1, 0.15) is 79.2 Å². The standard InChI is InChI=1S/C45H53ClN6O5/c1-28-33(7-5-8-34(28)39-13-11-29(42(51-39)57-4)24-48-26-32-12-14-41(53)50-32)35-9-6-10-38(36(35)23-47)49-25-30-22-40(56-3)31(21-37(30)46)27-52(2)45-18-15-44(16-19-45,17-20-45)43(54)55/h5-11,13,21-23,32,47-49H,12,14-20,24-27H2,1-4H3,(H,50,53)(H,54,55)/t32-,44?,45?/m0/s1. The first kappa shape index (κ1) is 40.2. The van der Waals surface area contributed by atoms with Gasteiger partial charge in [0.25, 0.3) is 0 Å². The van der Waals surface area contributed by atoms with Crippen LogP contribution in [0, 0.1) is 17.7 Å². The van der Waals surface area contributed by atoms with Gasteiger partial charge in [0, 0.05) is 83.4 Å². The SMILES string of the molecule is COc1cc(CNc2cccc(-c3cccc(-c4ccc(CNC[C@@H]5CCC(=O)N5)c(OC)n4)c3C)c2C=N)c(Cl)cc1CN(C)C12CCC(C(=O)O)(CC1)CC2. The third-order valence-electron chi connectivity index (χ3n) is 12.9. The maximum absolute atomic E-state index is 12.0. The average molecular weight is 793 g/mol. The zero-order valence-electron chi connectivity index (χ0n) is 33.3. The van der Waals surface area contributed by atoms with Crippen molar-refractivity contribution in [2.24, 2.45) is 5.41 Å². The minimum Gasteiger partial charge on any atom is -0.496 e. The van der Waals surface area contributed by atoms with Gasteiger partial charge in [0.05, 0.1) is 25.3 Å². The maximum atomic E-state index is 12.0. The molecule has 2 heterocycles. The van der Waals surface area contributed by atoms with Crippen molar-refractivity contribution in [1.29, 1.82) is 5.41 Å². The smallest absolute Gasteiger partial charge is 0.309 e. The van der Waals surface area contributed by atoms with E-state index in [1.165, 1.54) is 6.21 Å². The van der Waals surface area contributed by atoms with Gasteiger partial charge in [-0.05, 0) is 105 Å². The van der Waals surface area contributed by atoms with E-state index in [0.717, 1.165) is 107 Å². The highest BCUT2D eigenvalue weighted by molar-refractivity contribution is 6.31. The number of amides is 1. The minimum atomic E-state index is -0.643. The van der Waals surface area contributed by atoms with E-state index in [2.05, 4.69) is 47.0 Å². The number of carboxylic acid groups (broad SMARTS) is 1. The third-order valence-corrected chi connectivity index (χ3v) is 13.2. The first-order valence-corrected chi connectivity index (χ1v) is 20.2. The van der Waals surface area contributed by atoms with Crippen LogP contribution < -0.4 is 25.4 Å². The molecule has 0 unspecified atom stereocenters. The summed E-state index contributed by atoms with van der Waals surface area (Å²) in [5.74, 6) is 0.768. The van der Waals surface area contributed by atoms with E-state index in [9.17, 15) is 14.7 Å². The maximum Gasteiger partial charge on any atom is 0.309 e. The zero-order valence-corrected chi connectivity index (χ0v) is 34.0. The second-order valence-corrected chi connectivity index (χ2v) is 16.4. The molecule has 1 aromatic heterocycles. The van der Waals surface area contributed by atoms with E-state index in [1.807, 2.05) is 48.5 Å². The number of halogens is 1. The number of fused-ring (bicyclic) bond motifs is 3. The van der Waals surface area contributed by atoms with Crippen LogP contribution in [-0.2, 0) is 29.2 Å². The lowest BCUT2D eigenvalue weighted by Gasteiger charge is -2.55. The molecular weight excluding hydrogens is 740 g/mol. The van der Waals surface area contributed by atoms with Crippen molar-refractivity contribution in [1.82, 2.24) is 20.5 Å². The molecule has 4 aromatic rings. The van der Waals surface area contributed by atoms with Gasteiger partial charge < -0.3 is 35.9 Å². The van der Waals surface area contributed by atoms with Gasteiger partial charge in [0.1, 0.15) is 5.75 Å².